The van der Waals surface area contributed by atoms with Crippen molar-refractivity contribution >= 4 is 56.9 Å². The highest BCUT2D eigenvalue weighted by Gasteiger charge is 2.46. The Hall–Kier alpha value is -4.00. The molecule has 6 rings (SSSR count). The predicted molar refractivity (Wildman–Crippen MR) is 158 cm³/mol. The van der Waals surface area contributed by atoms with Gasteiger partial charge in [-0.05, 0) is 46.7 Å². The molecule has 2 aromatic heterocycles. The highest BCUT2D eigenvalue weighted by atomic mass is 35.5. The van der Waals surface area contributed by atoms with Gasteiger partial charge in [0.1, 0.15) is 30.3 Å². The van der Waals surface area contributed by atoms with Gasteiger partial charge in [0.15, 0.2) is 23.2 Å². The zero-order chi connectivity index (χ0) is 29.4. The number of carbonyl (C=O) groups excluding carboxylic acids is 1. The molecule has 1 aliphatic rings. The van der Waals surface area contributed by atoms with Gasteiger partial charge in [0.25, 0.3) is 5.91 Å². The molecule has 5 aromatic rings. The van der Waals surface area contributed by atoms with Crippen LogP contribution < -0.4 is 15.4 Å². The number of imidazole rings is 1. The molecule has 216 valence electrons. The molecule has 1 aliphatic heterocycles. The fourth-order valence-corrected chi connectivity index (χ4v) is 5.71. The third-order valence-corrected chi connectivity index (χ3v) is 7.65. The van der Waals surface area contributed by atoms with Crippen LogP contribution >= 0.6 is 23.2 Å². The number of amides is 1. The number of nitrogens with zero attached hydrogens (tertiary/aromatic N) is 4. The number of ether oxygens (including phenoxy) is 2. The van der Waals surface area contributed by atoms with Crippen LogP contribution in [0.1, 0.15) is 22.1 Å². The molecule has 11 nitrogen and oxygen atoms in total. The summed E-state index contributed by atoms with van der Waals surface area (Å²) >= 11 is 12.1. The van der Waals surface area contributed by atoms with E-state index in [1.165, 1.54) is 30.9 Å². The van der Waals surface area contributed by atoms with Crippen LogP contribution in [0.25, 0.3) is 21.9 Å². The standard InChI is InChI=1S/C29H26Cl2N6O5/c1-41-20-8-15-4-2-3-5-21(15)17(9-20)11-32-26-24-27(34-13-33-26)37(14-35-24)29-23(25(39)22(12-38)42-29)36-28(40)16-6-18(30)10-19(31)7-16/h2-10,13-14,22-23,25,29,38-39H,11-12H2,1H3,(H,36,40)(H,32,33,34)/t22-,23-,25-,29-/m1/s1. The summed E-state index contributed by atoms with van der Waals surface area (Å²) in [4.78, 5) is 26.4. The van der Waals surface area contributed by atoms with Gasteiger partial charge < -0.3 is 30.3 Å². The fraction of sp³-hybridized carbons (Fsp3) is 0.241. The summed E-state index contributed by atoms with van der Waals surface area (Å²) in [5, 5.41) is 29.6. The van der Waals surface area contributed by atoms with Gasteiger partial charge in [-0.2, -0.15) is 0 Å². The molecule has 3 heterocycles. The minimum atomic E-state index is -1.23. The first-order valence-electron chi connectivity index (χ1n) is 13.0. The van der Waals surface area contributed by atoms with E-state index in [-0.39, 0.29) is 5.56 Å². The molecule has 4 atom stereocenters. The molecule has 0 unspecified atom stereocenters. The van der Waals surface area contributed by atoms with Gasteiger partial charge in [0.05, 0.1) is 20.0 Å². The number of hydrogen-bond acceptors (Lipinski definition) is 9. The van der Waals surface area contributed by atoms with E-state index < -0.39 is 37.0 Å². The third kappa shape index (κ3) is 5.33. The largest absolute Gasteiger partial charge is 0.497 e. The Morgan fingerprint density at radius 2 is 1.88 bits per heavy atom. The van der Waals surface area contributed by atoms with E-state index in [0.717, 1.165) is 22.1 Å². The first-order valence-corrected chi connectivity index (χ1v) is 13.8. The summed E-state index contributed by atoms with van der Waals surface area (Å²) < 4.78 is 13.1. The number of carbonyl (C=O) groups is 1. The summed E-state index contributed by atoms with van der Waals surface area (Å²) in [6.45, 7) is -0.0290. The molecule has 0 spiro atoms. The van der Waals surface area contributed by atoms with Crippen LogP contribution in [0.15, 0.2) is 67.3 Å². The van der Waals surface area contributed by atoms with Crippen molar-refractivity contribution in [1.29, 1.82) is 0 Å². The maximum Gasteiger partial charge on any atom is 0.251 e. The van der Waals surface area contributed by atoms with Gasteiger partial charge in [0, 0.05) is 22.2 Å². The first kappa shape index (κ1) is 28.1. The lowest BCUT2D eigenvalue weighted by atomic mass is 10.0. The summed E-state index contributed by atoms with van der Waals surface area (Å²) in [6.07, 6.45) is -0.231. The number of hydrogen-bond donors (Lipinski definition) is 4. The van der Waals surface area contributed by atoms with E-state index in [9.17, 15) is 15.0 Å². The Morgan fingerprint density at radius 3 is 2.64 bits per heavy atom. The second kappa shape index (κ2) is 11.7. The molecule has 3 aromatic carbocycles. The summed E-state index contributed by atoms with van der Waals surface area (Å²) in [5.41, 5.74) is 2.08. The van der Waals surface area contributed by atoms with Crippen molar-refractivity contribution in [2.24, 2.45) is 0 Å². The number of benzene rings is 3. The number of aliphatic hydroxyl groups excluding tert-OH is 2. The quantitative estimate of drug-likeness (QED) is 0.206. The van der Waals surface area contributed by atoms with E-state index in [1.807, 2.05) is 36.4 Å². The van der Waals surface area contributed by atoms with Crippen molar-refractivity contribution in [3.05, 3.63) is 88.4 Å². The number of aromatic nitrogens is 4. The average Bonchev–Trinajstić information content (AvgIpc) is 3.56. The SMILES string of the molecule is COc1cc(CNc2ncnc3c2ncn3[C@@H]2O[C@H](CO)[C@@H](O)[C@H]2NC(=O)c2cc(Cl)cc(Cl)c2)c2ccccc2c1. The molecule has 13 heteroatoms. The van der Waals surface area contributed by atoms with Gasteiger partial charge in [-0.1, -0.05) is 47.5 Å². The molecule has 1 amide bonds. The summed E-state index contributed by atoms with van der Waals surface area (Å²) in [6, 6.07) is 15.5. The van der Waals surface area contributed by atoms with Crippen LogP contribution in [0.3, 0.4) is 0 Å². The molecular weight excluding hydrogens is 583 g/mol. The predicted octanol–water partition coefficient (Wildman–Crippen LogP) is 3.96. The average molecular weight is 609 g/mol. The Morgan fingerprint density at radius 1 is 1.10 bits per heavy atom. The number of rotatable bonds is 8. The molecule has 42 heavy (non-hydrogen) atoms. The minimum Gasteiger partial charge on any atom is -0.497 e. The molecule has 4 N–H and O–H groups in total. The van der Waals surface area contributed by atoms with Crippen molar-refractivity contribution in [2.45, 2.75) is 31.0 Å². The molecule has 1 saturated heterocycles. The van der Waals surface area contributed by atoms with Crippen molar-refractivity contribution in [3.63, 3.8) is 0 Å². The minimum absolute atomic E-state index is 0.209. The van der Waals surface area contributed by atoms with Crippen LogP contribution in [0.5, 0.6) is 5.75 Å². The summed E-state index contributed by atoms with van der Waals surface area (Å²) in [5.74, 6) is 0.700. The Kier molecular flexibility index (Phi) is 7.84. The molecular formula is C29H26Cl2N6O5. The van der Waals surface area contributed by atoms with Crippen LogP contribution in [0.4, 0.5) is 5.82 Å². The lowest BCUT2D eigenvalue weighted by Crippen LogP contribution is -2.46. The molecule has 0 bridgehead atoms. The van der Waals surface area contributed by atoms with Crippen molar-refractivity contribution in [3.8, 4) is 5.75 Å². The van der Waals surface area contributed by atoms with E-state index in [4.69, 9.17) is 32.7 Å². The van der Waals surface area contributed by atoms with E-state index in [0.29, 0.717) is 33.6 Å². The van der Waals surface area contributed by atoms with Crippen LogP contribution in [0, 0.1) is 0 Å². The van der Waals surface area contributed by atoms with Gasteiger partial charge in [-0.25, -0.2) is 15.0 Å². The molecule has 0 radical (unpaired) electrons. The number of anilines is 1. The molecule has 1 fully saturated rings. The van der Waals surface area contributed by atoms with Gasteiger partial charge >= 0.3 is 0 Å². The third-order valence-electron chi connectivity index (χ3n) is 7.21. The lowest BCUT2D eigenvalue weighted by Gasteiger charge is -2.23. The van der Waals surface area contributed by atoms with Crippen molar-refractivity contribution in [2.75, 3.05) is 19.0 Å². The van der Waals surface area contributed by atoms with Crippen molar-refractivity contribution < 1.29 is 24.5 Å². The number of fused-ring (bicyclic) bond motifs is 2. The van der Waals surface area contributed by atoms with E-state index in [1.54, 1.807) is 11.7 Å². The number of aliphatic hydroxyl groups is 2. The van der Waals surface area contributed by atoms with Crippen LogP contribution in [-0.2, 0) is 11.3 Å². The van der Waals surface area contributed by atoms with Crippen LogP contribution in [-0.4, -0.2) is 67.6 Å². The normalized spacial score (nSPS) is 20.2. The lowest BCUT2D eigenvalue weighted by molar-refractivity contribution is -0.0440. The van der Waals surface area contributed by atoms with E-state index in [2.05, 4.69) is 25.6 Å². The van der Waals surface area contributed by atoms with Gasteiger partial charge in [-0.3, -0.25) is 9.36 Å². The van der Waals surface area contributed by atoms with Crippen molar-refractivity contribution in [1.82, 2.24) is 24.8 Å². The monoisotopic (exact) mass is 608 g/mol. The number of halogens is 2. The highest BCUT2D eigenvalue weighted by molar-refractivity contribution is 6.35. The topological polar surface area (TPSA) is 144 Å². The highest BCUT2D eigenvalue weighted by Crippen LogP contribution is 2.33. The summed E-state index contributed by atoms with van der Waals surface area (Å²) in [7, 11) is 1.63. The number of nitrogens with one attached hydrogen (secondary N) is 2. The second-order valence-electron chi connectivity index (χ2n) is 9.80. The maximum atomic E-state index is 13.1. The smallest absolute Gasteiger partial charge is 0.251 e. The zero-order valence-electron chi connectivity index (χ0n) is 22.2. The van der Waals surface area contributed by atoms with Gasteiger partial charge in [-0.15, -0.1) is 0 Å². The van der Waals surface area contributed by atoms with Crippen LogP contribution in [0.2, 0.25) is 10.0 Å². The number of methoxy groups -OCH3 is 1. The molecule has 0 aliphatic carbocycles. The van der Waals surface area contributed by atoms with Gasteiger partial charge in [0.2, 0.25) is 0 Å². The fourth-order valence-electron chi connectivity index (χ4n) is 5.18. The Labute approximate surface area is 250 Å². The van der Waals surface area contributed by atoms with E-state index >= 15 is 0 Å². The second-order valence-corrected chi connectivity index (χ2v) is 10.7. The first-order chi connectivity index (χ1) is 20.4. The molecule has 0 saturated carbocycles. The Balaban J connectivity index is 1.29. The Bertz CT molecular complexity index is 1760. The zero-order valence-corrected chi connectivity index (χ0v) is 23.8. The maximum absolute atomic E-state index is 13.1.